The fourth-order valence-corrected chi connectivity index (χ4v) is 6.19. The van der Waals surface area contributed by atoms with Gasteiger partial charge in [-0.1, -0.05) is 13.8 Å². The highest BCUT2D eigenvalue weighted by Crippen LogP contribution is 2.45. The number of aliphatic hydroxyl groups is 1. The molecule has 3 aromatic rings. The molecule has 1 aromatic carbocycles. The molecule has 0 saturated heterocycles. The summed E-state index contributed by atoms with van der Waals surface area (Å²) in [5.41, 5.74) is 2.74. The van der Waals surface area contributed by atoms with Crippen molar-refractivity contribution in [3.8, 4) is 11.4 Å². The van der Waals surface area contributed by atoms with Crippen LogP contribution in [0.4, 0.5) is 4.39 Å². The molecule has 0 bridgehead atoms. The lowest BCUT2D eigenvalue weighted by atomic mass is 9.81. The molecule has 1 aliphatic carbocycles. The number of aryl methyl sites for hydroxylation is 1. The van der Waals surface area contributed by atoms with Crippen molar-refractivity contribution in [1.82, 2.24) is 14.9 Å². The number of amides is 1. The van der Waals surface area contributed by atoms with Gasteiger partial charge in [0.15, 0.2) is 5.60 Å². The van der Waals surface area contributed by atoms with Gasteiger partial charge in [-0.3, -0.25) is 9.59 Å². The molecule has 0 unspecified atom stereocenters. The van der Waals surface area contributed by atoms with Crippen LogP contribution >= 0.6 is 0 Å². The zero-order valence-electron chi connectivity index (χ0n) is 21.0. The Bertz CT molecular complexity index is 1590. The maximum absolute atomic E-state index is 14.9. The molecule has 37 heavy (non-hydrogen) atoms. The van der Waals surface area contributed by atoms with E-state index in [0.29, 0.717) is 41.7 Å². The van der Waals surface area contributed by atoms with Gasteiger partial charge >= 0.3 is 5.97 Å². The summed E-state index contributed by atoms with van der Waals surface area (Å²) in [6, 6.07) is 2.76. The SMILES string of the molecule is CCCC(=O)N[C@H]1CCc2c(C)c(F)cc3nc4c(c1c23)Cn1c-4cc2c(c1=O)COC(=O)[C@]2(O)CC. The summed E-state index contributed by atoms with van der Waals surface area (Å²) in [7, 11) is 0. The van der Waals surface area contributed by atoms with E-state index in [-0.39, 0.29) is 54.0 Å². The smallest absolute Gasteiger partial charge is 0.343 e. The van der Waals surface area contributed by atoms with E-state index in [1.807, 2.05) is 6.92 Å². The molecule has 2 aliphatic heterocycles. The Morgan fingerprint density at radius 3 is 2.78 bits per heavy atom. The third-order valence-electron chi connectivity index (χ3n) is 8.19. The Kier molecular flexibility index (Phi) is 5.28. The van der Waals surface area contributed by atoms with E-state index in [4.69, 9.17) is 9.72 Å². The van der Waals surface area contributed by atoms with Crippen LogP contribution in [0, 0.1) is 12.7 Å². The minimum Gasteiger partial charge on any atom is -0.458 e. The minimum atomic E-state index is -1.93. The number of hydrogen-bond donors (Lipinski definition) is 2. The molecule has 0 fully saturated rings. The van der Waals surface area contributed by atoms with Crippen molar-refractivity contribution in [2.24, 2.45) is 0 Å². The first-order valence-electron chi connectivity index (χ1n) is 12.8. The highest BCUT2D eigenvalue weighted by atomic mass is 19.1. The molecule has 2 N–H and O–H groups in total. The van der Waals surface area contributed by atoms with E-state index in [0.717, 1.165) is 28.5 Å². The average molecular weight is 506 g/mol. The third-order valence-corrected chi connectivity index (χ3v) is 8.19. The Balaban J connectivity index is 1.63. The number of carbonyl (C=O) groups excluding carboxylic acids is 2. The minimum absolute atomic E-state index is 0.0460. The quantitative estimate of drug-likeness (QED) is 0.411. The number of halogens is 1. The lowest BCUT2D eigenvalue weighted by Gasteiger charge is -2.31. The van der Waals surface area contributed by atoms with Crippen molar-refractivity contribution < 1.29 is 23.8 Å². The van der Waals surface area contributed by atoms with Gasteiger partial charge in [0.1, 0.15) is 12.4 Å². The lowest BCUT2D eigenvalue weighted by molar-refractivity contribution is -0.172. The van der Waals surface area contributed by atoms with E-state index in [9.17, 15) is 23.9 Å². The molecule has 0 saturated carbocycles. The summed E-state index contributed by atoms with van der Waals surface area (Å²) in [5, 5.41) is 15.1. The molecule has 6 rings (SSSR count). The van der Waals surface area contributed by atoms with Gasteiger partial charge in [-0.25, -0.2) is 14.2 Å². The van der Waals surface area contributed by atoms with Crippen molar-refractivity contribution in [2.45, 2.75) is 77.7 Å². The van der Waals surface area contributed by atoms with E-state index >= 15 is 0 Å². The van der Waals surface area contributed by atoms with E-state index < -0.39 is 11.6 Å². The number of nitrogens with one attached hydrogen (secondary N) is 1. The Hall–Kier alpha value is -3.59. The Labute approximate surface area is 212 Å². The second-order valence-electron chi connectivity index (χ2n) is 10.2. The van der Waals surface area contributed by atoms with Gasteiger partial charge in [-0.05, 0) is 55.4 Å². The average Bonchev–Trinajstić information content (AvgIpc) is 3.24. The largest absolute Gasteiger partial charge is 0.458 e. The number of ether oxygens (including phenoxy) is 1. The molecule has 3 aliphatic rings. The van der Waals surface area contributed by atoms with Crippen molar-refractivity contribution in [3.05, 3.63) is 61.7 Å². The van der Waals surface area contributed by atoms with E-state index in [1.165, 1.54) is 6.07 Å². The highest BCUT2D eigenvalue weighted by Gasteiger charge is 2.46. The van der Waals surface area contributed by atoms with Crippen LogP contribution < -0.4 is 10.9 Å². The van der Waals surface area contributed by atoms with Gasteiger partial charge in [-0.2, -0.15) is 0 Å². The molecule has 1 amide bonds. The zero-order chi connectivity index (χ0) is 26.2. The number of aromatic nitrogens is 2. The van der Waals surface area contributed by atoms with Crippen molar-refractivity contribution >= 4 is 22.8 Å². The molecule has 9 heteroatoms. The first-order chi connectivity index (χ1) is 17.7. The summed E-state index contributed by atoms with van der Waals surface area (Å²) >= 11 is 0. The Morgan fingerprint density at radius 2 is 2.05 bits per heavy atom. The number of benzene rings is 1. The fraction of sp³-hybridized carbons (Fsp3) is 0.429. The lowest BCUT2D eigenvalue weighted by Crippen LogP contribution is -2.44. The number of fused-ring (bicyclic) bond motifs is 5. The number of nitrogens with zero attached hydrogens (tertiary/aromatic N) is 2. The standard InChI is InChI=1S/C28H28FN3O5/c1-4-6-22(33)30-19-8-7-14-13(3)18(29)10-20-23(14)24(19)15-11-32-21(25(15)31-20)9-17-16(26(32)34)12-37-27(35)28(17,36)5-2/h9-10,19,36H,4-8,11-12H2,1-3H3,(H,30,33)/t19-,28-/m0/s1. The van der Waals surface area contributed by atoms with Crippen molar-refractivity contribution in [2.75, 3.05) is 0 Å². The number of rotatable bonds is 4. The summed E-state index contributed by atoms with van der Waals surface area (Å²) in [6.45, 7) is 5.37. The Morgan fingerprint density at radius 1 is 1.27 bits per heavy atom. The molecular weight excluding hydrogens is 477 g/mol. The summed E-state index contributed by atoms with van der Waals surface area (Å²) in [4.78, 5) is 43.5. The molecule has 0 radical (unpaired) electrons. The highest BCUT2D eigenvalue weighted by molar-refractivity contribution is 5.94. The molecule has 4 heterocycles. The van der Waals surface area contributed by atoms with Crippen LogP contribution in [0.25, 0.3) is 22.3 Å². The van der Waals surface area contributed by atoms with Crippen LogP contribution in [0.1, 0.15) is 79.0 Å². The van der Waals surface area contributed by atoms with Gasteiger partial charge in [0.05, 0.1) is 35.1 Å². The monoisotopic (exact) mass is 505 g/mol. The second kappa shape index (κ2) is 8.21. The van der Waals surface area contributed by atoms with Gasteiger partial charge in [0, 0.05) is 29.0 Å². The predicted molar refractivity (Wildman–Crippen MR) is 133 cm³/mol. The van der Waals surface area contributed by atoms with Crippen LogP contribution in [0.5, 0.6) is 0 Å². The van der Waals surface area contributed by atoms with Crippen molar-refractivity contribution in [1.29, 1.82) is 0 Å². The number of hydrogen-bond acceptors (Lipinski definition) is 6. The normalized spacial score (nSPS) is 21.3. The zero-order valence-corrected chi connectivity index (χ0v) is 21.0. The fourth-order valence-electron chi connectivity index (χ4n) is 6.19. The van der Waals surface area contributed by atoms with E-state index in [1.54, 1.807) is 24.5 Å². The van der Waals surface area contributed by atoms with E-state index in [2.05, 4.69) is 5.32 Å². The molecule has 0 spiro atoms. The van der Waals surface area contributed by atoms with Crippen LogP contribution in [0.3, 0.4) is 0 Å². The van der Waals surface area contributed by atoms with Crippen molar-refractivity contribution in [3.63, 3.8) is 0 Å². The third kappa shape index (κ3) is 3.22. The molecule has 2 aromatic heterocycles. The summed E-state index contributed by atoms with van der Waals surface area (Å²) in [6.07, 6.45) is 2.38. The molecule has 8 nitrogen and oxygen atoms in total. The van der Waals surface area contributed by atoms with Gasteiger partial charge < -0.3 is 19.7 Å². The second-order valence-corrected chi connectivity index (χ2v) is 10.2. The van der Waals surface area contributed by atoms with Crippen LogP contribution in [-0.2, 0) is 39.5 Å². The van der Waals surface area contributed by atoms with Crippen LogP contribution in [-0.4, -0.2) is 26.5 Å². The molecule has 2 atom stereocenters. The maximum atomic E-state index is 14.9. The topological polar surface area (TPSA) is 111 Å². The molecular formula is C28H28FN3O5. The van der Waals surface area contributed by atoms with Gasteiger partial charge in [0.2, 0.25) is 5.91 Å². The number of carbonyl (C=O) groups is 2. The first kappa shape index (κ1) is 23.8. The van der Waals surface area contributed by atoms with Gasteiger partial charge in [0.25, 0.3) is 5.56 Å². The maximum Gasteiger partial charge on any atom is 0.343 e. The summed E-state index contributed by atoms with van der Waals surface area (Å²) < 4.78 is 21.7. The summed E-state index contributed by atoms with van der Waals surface area (Å²) in [5.74, 6) is -1.19. The number of pyridine rings is 2. The first-order valence-corrected chi connectivity index (χ1v) is 12.8. The van der Waals surface area contributed by atoms with Crippen LogP contribution in [0.2, 0.25) is 0 Å². The molecule has 192 valence electrons. The van der Waals surface area contributed by atoms with Gasteiger partial charge in [-0.15, -0.1) is 0 Å². The predicted octanol–water partition coefficient (Wildman–Crippen LogP) is 3.43. The van der Waals surface area contributed by atoms with Crippen LogP contribution in [0.15, 0.2) is 16.9 Å². The number of cyclic esters (lactones) is 1. The number of esters is 1.